The molecule has 0 rings (SSSR count). The molecule has 0 N–H and O–H groups in total. The van der Waals surface area contributed by atoms with Crippen LogP contribution in [0.1, 0.15) is 187 Å². The minimum Gasteiger partial charge on any atom is -0.544 e. The number of carbonyl (C=O) groups is 3. The third-order valence-corrected chi connectivity index (χ3v) is 10.9. The SMILES string of the molecule is CCCCC/C=C/C/C=C/C/C=C/C/C=C/C/C=C/CCCCC(=O)OCC(COCCC(C(=O)[O-])[N+](C)(C)C)OC(=O)CCCCCCC/C=C/C/C=C/C/C=C/C/C=C/CCCCC. The van der Waals surface area contributed by atoms with Crippen molar-refractivity contribution in [1.29, 1.82) is 0 Å². The molecule has 8 heteroatoms. The van der Waals surface area contributed by atoms with Gasteiger partial charge in [-0.1, -0.05) is 168 Å². The lowest BCUT2D eigenvalue weighted by Gasteiger charge is -2.34. The van der Waals surface area contributed by atoms with Gasteiger partial charge in [-0.25, -0.2) is 0 Å². The number of aliphatic carboxylic acids is 1. The third kappa shape index (κ3) is 45.2. The van der Waals surface area contributed by atoms with Crippen molar-refractivity contribution in [2.24, 2.45) is 0 Å². The maximum Gasteiger partial charge on any atom is 0.306 e. The Bertz CT molecular complexity index is 1440. The second kappa shape index (κ2) is 47.5. The number of unbranched alkanes of at least 4 members (excludes halogenated alkanes) is 13. The van der Waals surface area contributed by atoms with Crippen molar-refractivity contribution in [3.05, 3.63) is 109 Å². The molecular weight excluding hydrogens is 823 g/mol. The van der Waals surface area contributed by atoms with E-state index in [2.05, 4.69) is 123 Å². The van der Waals surface area contributed by atoms with E-state index in [0.29, 0.717) is 6.42 Å². The molecule has 0 amide bonds. The number of quaternary nitrogens is 1. The van der Waals surface area contributed by atoms with Gasteiger partial charge >= 0.3 is 11.9 Å². The van der Waals surface area contributed by atoms with Crippen molar-refractivity contribution in [2.75, 3.05) is 41.0 Å². The van der Waals surface area contributed by atoms with Gasteiger partial charge in [0, 0.05) is 19.3 Å². The van der Waals surface area contributed by atoms with Crippen molar-refractivity contribution in [3.8, 4) is 0 Å². The Balaban J connectivity index is 4.41. The number of esters is 2. The Morgan fingerprint density at radius 1 is 0.455 bits per heavy atom. The average molecular weight is 918 g/mol. The summed E-state index contributed by atoms with van der Waals surface area (Å²) in [6.07, 6.45) is 65.4. The lowest BCUT2D eigenvalue weighted by atomic mass is 10.1. The number of likely N-dealkylation sites (N-methyl/N-ethyl adjacent to an activating group) is 1. The van der Waals surface area contributed by atoms with Gasteiger partial charge in [0.1, 0.15) is 12.6 Å². The van der Waals surface area contributed by atoms with Crippen LogP contribution in [0.2, 0.25) is 0 Å². The van der Waals surface area contributed by atoms with Gasteiger partial charge in [-0.05, 0) is 109 Å². The zero-order chi connectivity index (χ0) is 48.4. The monoisotopic (exact) mass is 918 g/mol. The summed E-state index contributed by atoms with van der Waals surface area (Å²) in [4.78, 5) is 37.0. The Labute approximate surface area is 404 Å². The third-order valence-electron chi connectivity index (χ3n) is 10.9. The van der Waals surface area contributed by atoms with E-state index >= 15 is 0 Å². The lowest BCUT2D eigenvalue weighted by molar-refractivity contribution is -0.889. The molecule has 0 heterocycles. The quantitative estimate of drug-likeness (QED) is 0.0259. The predicted octanol–water partition coefficient (Wildman–Crippen LogP) is 13.9. The zero-order valence-electron chi connectivity index (χ0n) is 42.6. The number of hydrogen-bond donors (Lipinski definition) is 0. The van der Waals surface area contributed by atoms with E-state index in [1.807, 2.05) is 0 Å². The fraction of sp³-hybridized carbons (Fsp3) is 0.638. The Hall–Kier alpha value is -4.01. The summed E-state index contributed by atoms with van der Waals surface area (Å²) in [6.45, 7) is 4.53. The summed E-state index contributed by atoms with van der Waals surface area (Å²) >= 11 is 0. The van der Waals surface area contributed by atoms with Crippen LogP contribution in [0.3, 0.4) is 0 Å². The summed E-state index contributed by atoms with van der Waals surface area (Å²) in [5.41, 5.74) is 0. The van der Waals surface area contributed by atoms with Gasteiger partial charge in [0.2, 0.25) is 0 Å². The number of hydrogen-bond acceptors (Lipinski definition) is 7. The molecule has 0 aromatic carbocycles. The normalized spacial score (nSPS) is 13.8. The smallest absolute Gasteiger partial charge is 0.306 e. The maximum absolute atomic E-state index is 12.8. The fourth-order valence-electron chi connectivity index (χ4n) is 6.84. The fourth-order valence-corrected chi connectivity index (χ4v) is 6.84. The second-order valence-electron chi connectivity index (χ2n) is 18.0. The molecule has 374 valence electrons. The average Bonchev–Trinajstić information content (AvgIpc) is 3.28. The van der Waals surface area contributed by atoms with Gasteiger partial charge in [0.25, 0.3) is 0 Å². The molecule has 66 heavy (non-hydrogen) atoms. The van der Waals surface area contributed by atoms with E-state index < -0.39 is 18.1 Å². The minimum atomic E-state index is -1.14. The summed E-state index contributed by atoms with van der Waals surface area (Å²) < 4.78 is 17.2. The van der Waals surface area contributed by atoms with Crippen molar-refractivity contribution >= 4 is 17.9 Å². The number of ether oxygens (including phenoxy) is 3. The molecule has 0 aromatic rings. The molecule has 2 atom stereocenters. The number of rotatable bonds is 45. The van der Waals surface area contributed by atoms with Gasteiger partial charge in [-0.15, -0.1) is 0 Å². The van der Waals surface area contributed by atoms with Gasteiger partial charge in [0.15, 0.2) is 6.10 Å². The van der Waals surface area contributed by atoms with Crippen LogP contribution in [0, 0.1) is 0 Å². The van der Waals surface area contributed by atoms with Crippen molar-refractivity contribution in [2.45, 2.75) is 199 Å². The highest BCUT2D eigenvalue weighted by Gasteiger charge is 2.25. The van der Waals surface area contributed by atoms with E-state index in [9.17, 15) is 19.5 Å². The van der Waals surface area contributed by atoms with Crippen LogP contribution < -0.4 is 5.11 Å². The molecule has 2 unspecified atom stereocenters. The molecule has 0 saturated heterocycles. The molecule has 0 aliphatic heterocycles. The van der Waals surface area contributed by atoms with Crippen molar-refractivity contribution in [3.63, 3.8) is 0 Å². The van der Waals surface area contributed by atoms with E-state index in [0.717, 1.165) is 96.3 Å². The largest absolute Gasteiger partial charge is 0.544 e. The number of carboxylic acid groups (broad SMARTS) is 1. The van der Waals surface area contributed by atoms with Crippen LogP contribution in [-0.4, -0.2) is 75.5 Å². The number of carboxylic acids is 1. The highest BCUT2D eigenvalue weighted by Crippen LogP contribution is 2.12. The zero-order valence-corrected chi connectivity index (χ0v) is 42.6. The molecule has 0 aliphatic carbocycles. The topological polar surface area (TPSA) is 102 Å². The van der Waals surface area contributed by atoms with Crippen LogP contribution in [0.5, 0.6) is 0 Å². The second-order valence-corrected chi connectivity index (χ2v) is 18.0. The first-order valence-electron chi connectivity index (χ1n) is 25.9. The van der Waals surface area contributed by atoms with E-state index in [-0.39, 0.29) is 55.5 Å². The van der Waals surface area contributed by atoms with Gasteiger partial charge in [-0.2, -0.15) is 0 Å². The standard InChI is InChI=1S/C58H95NO7/c1-6-8-10-12-14-16-18-20-22-24-26-28-30-32-34-36-38-40-42-44-46-48-56(60)65-53-54(52-64-51-50-55(58(62)63)59(3,4)5)66-57(61)49-47-45-43-41-39-37-35-33-31-29-27-25-23-21-19-17-15-13-11-9-7-2/h14-17,20-23,26-29,32-35,38,40,54-55H,6-13,18-19,24-25,30-31,36-37,39,41-53H2,1-5H3/b16-14+,17-15+,22-20+,23-21+,28-26+,29-27+,34-32+,35-33+,40-38+. The lowest BCUT2D eigenvalue weighted by Crippen LogP contribution is -2.55. The van der Waals surface area contributed by atoms with Crippen LogP contribution in [0.4, 0.5) is 0 Å². The van der Waals surface area contributed by atoms with Crippen LogP contribution in [0.15, 0.2) is 109 Å². The van der Waals surface area contributed by atoms with E-state index in [1.54, 1.807) is 21.1 Å². The van der Waals surface area contributed by atoms with Gasteiger partial charge in [0.05, 0.1) is 40.3 Å². The molecule has 0 aromatic heterocycles. The molecule has 0 spiro atoms. The molecule has 0 bridgehead atoms. The van der Waals surface area contributed by atoms with Gasteiger partial charge in [-0.3, -0.25) is 9.59 Å². The Morgan fingerprint density at radius 3 is 1.21 bits per heavy atom. The van der Waals surface area contributed by atoms with Gasteiger partial charge < -0.3 is 28.6 Å². The highest BCUT2D eigenvalue weighted by atomic mass is 16.6. The van der Waals surface area contributed by atoms with Crippen LogP contribution >= 0.6 is 0 Å². The maximum atomic E-state index is 12.8. The van der Waals surface area contributed by atoms with Crippen molar-refractivity contribution < 1.29 is 38.2 Å². The first-order chi connectivity index (χ1) is 32.1. The highest BCUT2D eigenvalue weighted by molar-refractivity contribution is 5.70. The summed E-state index contributed by atoms with van der Waals surface area (Å²) in [7, 11) is 5.38. The molecule has 0 fully saturated rings. The van der Waals surface area contributed by atoms with Crippen LogP contribution in [-0.2, 0) is 28.6 Å². The first-order valence-corrected chi connectivity index (χ1v) is 25.9. The minimum absolute atomic E-state index is 0.0116. The summed E-state index contributed by atoms with van der Waals surface area (Å²) in [6, 6.07) is -0.744. The van der Waals surface area contributed by atoms with Crippen molar-refractivity contribution in [1.82, 2.24) is 0 Å². The summed E-state index contributed by atoms with van der Waals surface area (Å²) in [5, 5.41) is 11.7. The summed E-state index contributed by atoms with van der Waals surface area (Å²) in [5.74, 6) is -1.83. The van der Waals surface area contributed by atoms with E-state index in [4.69, 9.17) is 14.2 Å². The number of allylic oxidation sites excluding steroid dienone is 18. The molecular formula is C58H95NO7. The Morgan fingerprint density at radius 2 is 0.803 bits per heavy atom. The molecule has 8 nitrogen and oxygen atoms in total. The molecule has 0 aliphatic rings. The number of carbonyl (C=O) groups excluding carboxylic acids is 3. The van der Waals surface area contributed by atoms with E-state index in [1.165, 1.54) is 51.4 Å². The Kier molecular flexibility index (Phi) is 44.6. The molecule has 0 radical (unpaired) electrons. The van der Waals surface area contributed by atoms with Crippen LogP contribution in [0.25, 0.3) is 0 Å². The first kappa shape index (κ1) is 62.0. The number of nitrogens with zero attached hydrogens (tertiary/aromatic N) is 1. The predicted molar refractivity (Wildman–Crippen MR) is 277 cm³/mol. The molecule has 0 saturated carbocycles.